The Hall–Kier alpha value is -0.720. The fraction of sp³-hybridized carbons (Fsp3) is 0.750. The maximum Gasteiger partial charge on any atom is 0.271 e. The van der Waals surface area contributed by atoms with E-state index in [1.165, 1.54) is 38.5 Å². The van der Waals surface area contributed by atoms with E-state index in [0.29, 0.717) is 11.7 Å². The lowest BCUT2D eigenvalue weighted by Crippen LogP contribution is -2.74. The average molecular weight is 270 g/mol. The van der Waals surface area contributed by atoms with Gasteiger partial charge in [0.1, 0.15) is 5.70 Å². The second kappa shape index (κ2) is 5.95. The van der Waals surface area contributed by atoms with Crippen molar-refractivity contribution in [2.45, 2.75) is 49.7 Å². The van der Waals surface area contributed by atoms with Crippen LogP contribution >= 0.6 is 11.8 Å². The van der Waals surface area contributed by atoms with Gasteiger partial charge in [0.25, 0.3) is 5.91 Å². The van der Waals surface area contributed by atoms with E-state index < -0.39 is 5.12 Å². The van der Waals surface area contributed by atoms with Crippen LogP contribution in [-0.2, 0) is 4.79 Å². The zero-order chi connectivity index (χ0) is 13.0. The Labute approximate surface area is 113 Å². The molecule has 0 radical (unpaired) electrons. The molecular weight excluding hydrogens is 248 g/mol. The summed E-state index contributed by atoms with van der Waals surface area (Å²) in [7, 11) is 0. The number of rotatable bonds is 3. The summed E-state index contributed by atoms with van der Waals surface area (Å²) in [5.41, 5.74) is 6.29. The summed E-state index contributed by atoms with van der Waals surface area (Å²) < 4.78 is 0. The minimum absolute atomic E-state index is 0.163. The molecule has 2 rings (SSSR count). The molecule has 0 aromatic rings. The summed E-state index contributed by atoms with van der Waals surface area (Å²) in [5, 5.41) is 5.83. The van der Waals surface area contributed by atoms with Crippen LogP contribution in [0, 0.1) is 0 Å². The van der Waals surface area contributed by atoms with Crippen LogP contribution in [0.4, 0.5) is 0 Å². The molecule has 0 aromatic heterocycles. The molecule has 4 N–H and O–H groups in total. The molecule has 1 heterocycles. The Morgan fingerprint density at radius 1 is 1.33 bits per heavy atom. The maximum atomic E-state index is 11.7. The van der Waals surface area contributed by atoms with Gasteiger partial charge in [-0.25, -0.2) is 0 Å². The van der Waals surface area contributed by atoms with Gasteiger partial charge in [-0.1, -0.05) is 32.3 Å². The highest BCUT2D eigenvalue weighted by atomic mass is 32.2. The van der Waals surface area contributed by atoms with Crippen molar-refractivity contribution in [1.82, 2.24) is 21.5 Å². The molecule has 5 nitrogen and oxygen atoms in total. The van der Waals surface area contributed by atoms with Crippen LogP contribution in [0.1, 0.15) is 38.5 Å². The highest BCUT2D eigenvalue weighted by Gasteiger charge is 2.37. The van der Waals surface area contributed by atoms with Gasteiger partial charge < -0.3 is 10.7 Å². The quantitative estimate of drug-likeness (QED) is 0.350. The van der Waals surface area contributed by atoms with Crippen molar-refractivity contribution in [2.75, 3.05) is 6.26 Å². The third kappa shape index (κ3) is 3.18. The first-order valence-corrected chi connectivity index (χ1v) is 7.75. The Balaban J connectivity index is 1.98. The molecule has 0 unspecified atom stereocenters. The lowest BCUT2D eigenvalue weighted by Gasteiger charge is -2.41. The van der Waals surface area contributed by atoms with Crippen LogP contribution in [0.2, 0.25) is 0 Å². The molecule has 1 saturated heterocycles. The number of hydrogen-bond donors (Lipinski definition) is 4. The number of hydrogen-bond acceptors (Lipinski definition) is 5. The van der Waals surface area contributed by atoms with Gasteiger partial charge in [0.05, 0.1) is 0 Å². The van der Waals surface area contributed by atoms with E-state index in [9.17, 15) is 4.79 Å². The normalized spacial score (nSPS) is 30.5. The molecule has 1 atom stereocenters. The van der Waals surface area contributed by atoms with Gasteiger partial charge in [-0.3, -0.25) is 10.1 Å². The second-order valence-electron chi connectivity index (χ2n) is 4.90. The molecule has 0 aromatic carbocycles. The molecule has 1 aliphatic heterocycles. The number of carbonyl (C=O) groups excluding carboxylic acids is 1. The molecule has 1 aliphatic carbocycles. The van der Waals surface area contributed by atoms with Crippen LogP contribution in [0.5, 0.6) is 0 Å². The van der Waals surface area contributed by atoms with E-state index in [2.05, 4.69) is 28.1 Å². The van der Waals surface area contributed by atoms with Gasteiger partial charge in [-0.15, -0.1) is 11.8 Å². The zero-order valence-electron chi connectivity index (χ0n) is 10.8. The SMILES string of the molecule is C=C1NN[C@@](NC2CCCCCC2)(SC)NC1=O. The first kappa shape index (κ1) is 13.7. The summed E-state index contributed by atoms with van der Waals surface area (Å²) in [5.74, 6) is -0.163. The van der Waals surface area contributed by atoms with E-state index in [1.54, 1.807) is 11.8 Å². The molecule has 2 aliphatic rings. The molecule has 0 bridgehead atoms. The van der Waals surface area contributed by atoms with Crippen molar-refractivity contribution in [3.8, 4) is 0 Å². The van der Waals surface area contributed by atoms with Crippen molar-refractivity contribution in [3.05, 3.63) is 12.3 Å². The smallest absolute Gasteiger partial charge is 0.271 e. The summed E-state index contributed by atoms with van der Waals surface area (Å²) >= 11 is 1.54. The molecule has 18 heavy (non-hydrogen) atoms. The van der Waals surface area contributed by atoms with Crippen LogP contribution in [-0.4, -0.2) is 23.3 Å². The van der Waals surface area contributed by atoms with Crippen molar-refractivity contribution in [1.29, 1.82) is 0 Å². The minimum Gasteiger partial charge on any atom is -0.313 e. The first-order valence-electron chi connectivity index (χ1n) is 6.53. The van der Waals surface area contributed by atoms with Crippen LogP contribution in [0.25, 0.3) is 0 Å². The summed E-state index contributed by atoms with van der Waals surface area (Å²) in [4.78, 5) is 11.7. The Morgan fingerprint density at radius 2 is 2.00 bits per heavy atom. The predicted molar refractivity (Wildman–Crippen MR) is 74.4 cm³/mol. The molecule has 1 amide bonds. The predicted octanol–water partition coefficient (Wildman–Crippen LogP) is 1.01. The van der Waals surface area contributed by atoms with Crippen molar-refractivity contribution in [2.24, 2.45) is 0 Å². The zero-order valence-corrected chi connectivity index (χ0v) is 11.7. The second-order valence-corrected chi connectivity index (χ2v) is 5.92. The Bertz CT molecular complexity index is 328. The number of carbonyl (C=O) groups is 1. The van der Waals surface area contributed by atoms with Gasteiger partial charge in [0.15, 0.2) is 0 Å². The van der Waals surface area contributed by atoms with Crippen molar-refractivity contribution >= 4 is 17.7 Å². The maximum absolute atomic E-state index is 11.7. The number of amides is 1. The topological polar surface area (TPSA) is 65.2 Å². The molecule has 102 valence electrons. The minimum atomic E-state index is -0.632. The van der Waals surface area contributed by atoms with Gasteiger partial charge in [0.2, 0.25) is 5.12 Å². The van der Waals surface area contributed by atoms with Crippen LogP contribution in [0.3, 0.4) is 0 Å². The highest BCUT2D eigenvalue weighted by molar-refractivity contribution is 7.99. The molecular formula is C12H22N4OS. The molecule has 1 saturated carbocycles. The van der Waals surface area contributed by atoms with Crippen LogP contribution in [0.15, 0.2) is 12.3 Å². The standard InChI is InChI=1S/C12H22N4OS/c1-9-11(17)14-12(18-2,16-15-9)13-10-7-5-3-4-6-8-10/h10,13,15-16H,1,3-8H2,2H3,(H,14,17)/t12-/m0/s1. The Kier molecular flexibility index (Phi) is 4.53. The van der Waals surface area contributed by atoms with Gasteiger partial charge in [-0.2, -0.15) is 5.43 Å². The molecule has 6 heteroatoms. The summed E-state index contributed by atoms with van der Waals surface area (Å²) in [6, 6.07) is 0.445. The number of thioether (sulfide) groups is 1. The monoisotopic (exact) mass is 270 g/mol. The van der Waals surface area contributed by atoms with Crippen molar-refractivity contribution < 1.29 is 4.79 Å². The lowest BCUT2D eigenvalue weighted by atomic mass is 10.1. The van der Waals surface area contributed by atoms with E-state index in [-0.39, 0.29) is 5.91 Å². The summed E-state index contributed by atoms with van der Waals surface area (Å²) in [6.07, 6.45) is 9.46. The third-order valence-electron chi connectivity index (χ3n) is 3.52. The third-order valence-corrected chi connectivity index (χ3v) is 4.46. The van der Waals surface area contributed by atoms with Gasteiger partial charge >= 0.3 is 0 Å². The molecule has 2 fully saturated rings. The first-order chi connectivity index (χ1) is 8.65. The number of hydrazine groups is 1. The van der Waals surface area contributed by atoms with E-state index in [0.717, 1.165) is 0 Å². The van der Waals surface area contributed by atoms with E-state index in [1.807, 2.05) is 6.26 Å². The van der Waals surface area contributed by atoms with E-state index in [4.69, 9.17) is 0 Å². The summed E-state index contributed by atoms with van der Waals surface area (Å²) in [6.45, 7) is 3.63. The fourth-order valence-electron chi connectivity index (χ4n) is 2.43. The van der Waals surface area contributed by atoms with Gasteiger partial charge in [-0.05, 0) is 19.1 Å². The largest absolute Gasteiger partial charge is 0.313 e. The van der Waals surface area contributed by atoms with Gasteiger partial charge in [0, 0.05) is 6.04 Å². The molecule has 0 spiro atoms. The van der Waals surface area contributed by atoms with Crippen LogP contribution < -0.4 is 21.5 Å². The van der Waals surface area contributed by atoms with E-state index >= 15 is 0 Å². The Morgan fingerprint density at radius 3 is 2.56 bits per heavy atom. The number of nitrogens with one attached hydrogen (secondary N) is 4. The highest BCUT2D eigenvalue weighted by Crippen LogP contribution is 2.22. The lowest BCUT2D eigenvalue weighted by molar-refractivity contribution is -0.121. The fourth-order valence-corrected chi connectivity index (χ4v) is 3.06. The van der Waals surface area contributed by atoms with Crippen molar-refractivity contribution in [3.63, 3.8) is 0 Å². The average Bonchev–Trinajstić information content (AvgIpc) is 2.63.